The molecular weight excluding hydrogens is 266 g/mol. The fourth-order valence-electron chi connectivity index (χ4n) is 2.14. The zero-order valence-corrected chi connectivity index (χ0v) is 10.8. The molecule has 19 heavy (non-hydrogen) atoms. The summed E-state index contributed by atoms with van der Waals surface area (Å²) < 4.78 is 1.54. The van der Waals surface area contributed by atoms with Gasteiger partial charge in [-0.3, -0.25) is 4.68 Å². The van der Waals surface area contributed by atoms with Crippen LogP contribution in [-0.4, -0.2) is 25.8 Å². The minimum Gasteiger partial charge on any atom is -0.478 e. The highest BCUT2D eigenvalue weighted by atomic mass is 35.5. The molecule has 0 saturated heterocycles. The molecule has 0 aliphatic carbocycles. The maximum Gasteiger partial charge on any atom is 0.339 e. The number of aromatic nitrogens is 3. The van der Waals surface area contributed by atoms with Crippen LogP contribution >= 0.6 is 11.6 Å². The van der Waals surface area contributed by atoms with E-state index in [1.807, 2.05) is 18.2 Å². The third kappa shape index (κ3) is 1.88. The predicted octanol–water partition coefficient (Wildman–Crippen LogP) is 2.92. The quantitative estimate of drug-likeness (QED) is 0.755. The number of rotatable bonds is 2. The fourth-order valence-corrected chi connectivity index (χ4v) is 2.33. The Kier molecular flexibility index (Phi) is 2.57. The molecule has 2 heterocycles. The molecule has 0 atom stereocenters. The predicted molar refractivity (Wildman–Crippen MR) is 72.5 cm³/mol. The Hall–Kier alpha value is -2.27. The monoisotopic (exact) mass is 275 g/mol. The van der Waals surface area contributed by atoms with Gasteiger partial charge in [0.25, 0.3) is 0 Å². The molecule has 0 bridgehead atoms. The van der Waals surface area contributed by atoms with Crippen LogP contribution in [0, 0.1) is 0 Å². The number of hydrogen-bond donors (Lipinski definition) is 2. The highest BCUT2D eigenvalue weighted by Crippen LogP contribution is 2.28. The second-order valence-corrected chi connectivity index (χ2v) is 4.69. The first-order valence-corrected chi connectivity index (χ1v) is 5.98. The first-order valence-electron chi connectivity index (χ1n) is 5.60. The average Bonchev–Trinajstić information content (AvgIpc) is 2.91. The number of halogens is 1. The smallest absolute Gasteiger partial charge is 0.339 e. The van der Waals surface area contributed by atoms with E-state index >= 15 is 0 Å². The summed E-state index contributed by atoms with van der Waals surface area (Å²) in [6, 6.07) is 7.34. The zero-order valence-electron chi connectivity index (χ0n) is 10.0. The summed E-state index contributed by atoms with van der Waals surface area (Å²) in [6.07, 6.45) is 1.34. The van der Waals surface area contributed by atoms with Gasteiger partial charge < -0.3 is 10.1 Å². The lowest BCUT2D eigenvalue weighted by molar-refractivity contribution is 0.0697. The molecule has 0 radical (unpaired) electrons. The van der Waals surface area contributed by atoms with E-state index in [0.29, 0.717) is 16.4 Å². The molecule has 0 aliphatic rings. The van der Waals surface area contributed by atoms with Gasteiger partial charge in [-0.2, -0.15) is 5.10 Å². The maximum atomic E-state index is 11.2. The third-order valence-electron chi connectivity index (χ3n) is 3.01. The van der Waals surface area contributed by atoms with Gasteiger partial charge >= 0.3 is 5.97 Å². The van der Waals surface area contributed by atoms with Crippen molar-refractivity contribution in [1.82, 2.24) is 14.8 Å². The number of carboxylic acid groups (broad SMARTS) is 1. The van der Waals surface area contributed by atoms with Gasteiger partial charge in [-0.05, 0) is 24.3 Å². The van der Waals surface area contributed by atoms with Crippen molar-refractivity contribution in [2.75, 3.05) is 0 Å². The van der Waals surface area contributed by atoms with E-state index in [4.69, 9.17) is 11.6 Å². The Bertz CT molecular complexity index is 788. The van der Waals surface area contributed by atoms with E-state index in [9.17, 15) is 9.90 Å². The third-order valence-corrected chi connectivity index (χ3v) is 3.24. The fraction of sp³-hybridized carbons (Fsp3) is 0.0769. The molecular formula is C13H10ClN3O2. The number of fused-ring (bicyclic) bond motifs is 1. The van der Waals surface area contributed by atoms with E-state index in [-0.39, 0.29) is 5.56 Å². The molecule has 0 amide bonds. The van der Waals surface area contributed by atoms with E-state index in [0.717, 1.165) is 10.9 Å². The minimum absolute atomic E-state index is 0.167. The average molecular weight is 276 g/mol. The molecule has 3 aromatic rings. The van der Waals surface area contributed by atoms with Crippen LogP contribution in [0.2, 0.25) is 5.02 Å². The number of aryl methyl sites for hydroxylation is 1. The van der Waals surface area contributed by atoms with Gasteiger partial charge in [-0.1, -0.05) is 11.6 Å². The lowest BCUT2D eigenvalue weighted by atomic mass is 10.2. The van der Waals surface area contributed by atoms with Crippen LogP contribution in [0.4, 0.5) is 0 Å². The van der Waals surface area contributed by atoms with Crippen LogP contribution in [0.1, 0.15) is 10.4 Å². The first kappa shape index (κ1) is 11.8. The summed E-state index contributed by atoms with van der Waals surface area (Å²) in [5.74, 6) is -1.00. The second kappa shape index (κ2) is 4.13. The van der Waals surface area contributed by atoms with Crippen LogP contribution < -0.4 is 0 Å². The van der Waals surface area contributed by atoms with Gasteiger partial charge in [0, 0.05) is 23.0 Å². The van der Waals surface area contributed by atoms with Gasteiger partial charge in [0.15, 0.2) is 0 Å². The summed E-state index contributed by atoms with van der Waals surface area (Å²) in [4.78, 5) is 14.4. The highest BCUT2D eigenvalue weighted by Gasteiger charge is 2.18. The van der Waals surface area contributed by atoms with Crippen LogP contribution in [0.3, 0.4) is 0 Å². The van der Waals surface area contributed by atoms with Crippen LogP contribution in [-0.2, 0) is 7.05 Å². The number of aromatic carboxylic acids is 1. The Balaban J connectivity index is 2.24. The molecule has 5 nitrogen and oxygen atoms in total. The molecule has 0 saturated carbocycles. The van der Waals surface area contributed by atoms with Gasteiger partial charge in [0.05, 0.1) is 17.6 Å². The lowest BCUT2D eigenvalue weighted by Crippen LogP contribution is -2.00. The number of nitrogens with one attached hydrogen (secondary N) is 1. The highest BCUT2D eigenvalue weighted by molar-refractivity contribution is 6.31. The van der Waals surface area contributed by atoms with E-state index < -0.39 is 5.97 Å². The second-order valence-electron chi connectivity index (χ2n) is 4.25. The number of aromatic amines is 1. The number of benzene rings is 1. The molecule has 0 aliphatic heterocycles. The Morgan fingerprint density at radius 1 is 1.42 bits per heavy atom. The van der Waals surface area contributed by atoms with Gasteiger partial charge in [0.2, 0.25) is 0 Å². The number of carbonyl (C=O) groups is 1. The summed E-state index contributed by atoms with van der Waals surface area (Å²) in [7, 11) is 1.71. The zero-order chi connectivity index (χ0) is 13.6. The topological polar surface area (TPSA) is 70.9 Å². The molecule has 6 heteroatoms. The van der Waals surface area contributed by atoms with Crippen molar-refractivity contribution in [2.24, 2.45) is 7.05 Å². The number of hydrogen-bond acceptors (Lipinski definition) is 2. The summed E-state index contributed by atoms with van der Waals surface area (Å²) >= 11 is 5.94. The van der Waals surface area contributed by atoms with Crippen molar-refractivity contribution in [2.45, 2.75) is 0 Å². The molecule has 96 valence electrons. The van der Waals surface area contributed by atoms with Crippen LogP contribution in [0.25, 0.3) is 22.3 Å². The number of carboxylic acids is 1. The van der Waals surface area contributed by atoms with Crippen LogP contribution in [0.5, 0.6) is 0 Å². The van der Waals surface area contributed by atoms with Crippen molar-refractivity contribution in [3.8, 4) is 11.4 Å². The van der Waals surface area contributed by atoms with Gasteiger partial charge in [-0.15, -0.1) is 0 Å². The van der Waals surface area contributed by atoms with Gasteiger partial charge in [0.1, 0.15) is 5.56 Å². The lowest BCUT2D eigenvalue weighted by Gasteiger charge is -2.00. The minimum atomic E-state index is -1.00. The van der Waals surface area contributed by atoms with Crippen molar-refractivity contribution >= 4 is 28.5 Å². The molecule has 3 rings (SSSR count). The largest absolute Gasteiger partial charge is 0.478 e. The van der Waals surface area contributed by atoms with Crippen molar-refractivity contribution in [3.05, 3.63) is 41.0 Å². The van der Waals surface area contributed by atoms with E-state index in [1.54, 1.807) is 13.1 Å². The molecule has 0 spiro atoms. The number of nitrogens with zero attached hydrogens (tertiary/aromatic N) is 2. The van der Waals surface area contributed by atoms with Crippen molar-refractivity contribution in [3.63, 3.8) is 0 Å². The summed E-state index contributed by atoms with van der Waals surface area (Å²) in [6.45, 7) is 0. The molecule has 2 N–H and O–H groups in total. The molecule has 1 aromatic carbocycles. The Labute approximate surface area is 113 Å². The van der Waals surface area contributed by atoms with E-state index in [1.165, 1.54) is 10.9 Å². The van der Waals surface area contributed by atoms with Crippen molar-refractivity contribution < 1.29 is 9.90 Å². The molecule has 0 unspecified atom stereocenters. The SMILES string of the molecule is Cn1ncc(C(=O)O)c1-c1cc2cc(Cl)ccc2[nH]1. The number of H-pyrrole nitrogens is 1. The van der Waals surface area contributed by atoms with Gasteiger partial charge in [-0.25, -0.2) is 4.79 Å². The Morgan fingerprint density at radius 3 is 2.95 bits per heavy atom. The van der Waals surface area contributed by atoms with Crippen molar-refractivity contribution in [1.29, 1.82) is 0 Å². The first-order chi connectivity index (χ1) is 9.06. The summed E-state index contributed by atoms with van der Waals surface area (Å²) in [5.41, 5.74) is 2.31. The normalized spacial score (nSPS) is 11.1. The molecule has 0 fully saturated rings. The molecule has 2 aromatic heterocycles. The maximum absolute atomic E-state index is 11.2. The van der Waals surface area contributed by atoms with Crippen LogP contribution in [0.15, 0.2) is 30.5 Å². The Morgan fingerprint density at radius 2 is 2.21 bits per heavy atom. The van der Waals surface area contributed by atoms with E-state index in [2.05, 4.69) is 10.1 Å². The summed E-state index contributed by atoms with van der Waals surface area (Å²) in [5, 5.41) is 14.7. The standard InChI is InChI=1S/C13H10ClN3O2/c1-17-12(9(6-15-17)13(18)19)11-5-7-4-8(14)2-3-10(7)16-11/h2-6,16H,1H3,(H,18,19).